The number of hydrogen-bond donors (Lipinski definition) is 1. The van der Waals surface area contributed by atoms with Crippen molar-refractivity contribution in [2.45, 2.75) is 24.9 Å². The van der Waals surface area contributed by atoms with Gasteiger partial charge in [0.1, 0.15) is 0 Å². The Bertz CT molecular complexity index is 487. The summed E-state index contributed by atoms with van der Waals surface area (Å²) in [5, 5.41) is 3.91. The quantitative estimate of drug-likeness (QED) is 0.833. The third-order valence-electron chi connectivity index (χ3n) is 3.57. The van der Waals surface area contributed by atoms with Gasteiger partial charge in [-0.15, -0.1) is 0 Å². The van der Waals surface area contributed by atoms with Crippen molar-refractivity contribution in [1.29, 1.82) is 0 Å². The molecular weight excluding hydrogens is 244 g/mol. The normalized spacial score (nSPS) is 23.4. The number of esters is 1. The standard InChI is InChI=1S/C14H18N2O3/c1-10(11-6-4-3-5-7-11)14(13(17)18-2)8-12(9-15)16-19-14/h3-7,10H,8-9,15H2,1-2H3. The molecule has 2 rings (SSSR count). The Hall–Kier alpha value is -1.88. The van der Waals surface area contributed by atoms with E-state index in [2.05, 4.69) is 5.16 Å². The molecule has 1 aromatic carbocycles. The average Bonchev–Trinajstić information content (AvgIpc) is 2.92. The summed E-state index contributed by atoms with van der Waals surface area (Å²) in [5.41, 5.74) is 6.14. The van der Waals surface area contributed by atoms with Crippen molar-refractivity contribution in [2.75, 3.05) is 13.7 Å². The van der Waals surface area contributed by atoms with E-state index in [1.807, 2.05) is 37.3 Å². The Balaban J connectivity index is 2.33. The molecule has 0 saturated heterocycles. The number of carbonyl (C=O) groups excluding carboxylic acids is 1. The zero-order chi connectivity index (χ0) is 13.9. The molecule has 102 valence electrons. The molecule has 0 amide bonds. The van der Waals surface area contributed by atoms with Crippen LogP contribution in [0.25, 0.3) is 0 Å². The first-order chi connectivity index (χ1) is 9.14. The van der Waals surface area contributed by atoms with Crippen molar-refractivity contribution in [1.82, 2.24) is 0 Å². The first-order valence-electron chi connectivity index (χ1n) is 6.21. The van der Waals surface area contributed by atoms with Crippen molar-refractivity contribution >= 4 is 11.7 Å². The lowest BCUT2D eigenvalue weighted by atomic mass is 9.80. The molecular formula is C14H18N2O3. The highest BCUT2D eigenvalue weighted by atomic mass is 16.7. The van der Waals surface area contributed by atoms with E-state index in [-0.39, 0.29) is 12.5 Å². The molecule has 2 atom stereocenters. The highest BCUT2D eigenvalue weighted by molar-refractivity contribution is 5.95. The van der Waals surface area contributed by atoms with E-state index < -0.39 is 11.6 Å². The summed E-state index contributed by atoms with van der Waals surface area (Å²) in [7, 11) is 1.35. The van der Waals surface area contributed by atoms with E-state index in [0.717, 1.165) is 5.56 Å². The maximum atomic E-state index is 12.2. The third-order valence-corrected chi connectivity index (χ3v) is 3.57. The number of oxime groups is 1. The van der Waals surface area contributed by atoms with Crippen molar-refractivity contribution in [3.63, 3.8) is 0 Å². The monoisotopic (exact) mass is 262 g/mol. The van der Waals surface area contributed by atoms with Crippen LogP contribution < -0.4 is 5.73 Å². The van der Waals surface area contributed by atoms with Gasteiger partial charge in [-0.1, -0.05) is 42.4 Å². The van der Waals surface area contributed by atoms with Gasteiger partial charge in [-0.3, -0.25) is 0 Å². The molecule has 1 aliphatic heterocycles. The van der Waals surface area contributed by atoms with Gasteiger partial charge in [-0.2, -0.15) is 0 Å². The first-order valence-corrected chi connectivity index (χ1v) is 6.21. The highest BCUT2D eigenvalue weighted by Crippen LogP contribution is 2.39. The molecule has 0 saturated carbocycles. The summed E-state index contributed by atoms with van der Waals surface area (Å²) < 4.78 is 4.89. The number of nitrogens with two attached hydrogens (primary N) is 1. The fraction of sp³-hybridized carbons (Fsp3) is 0.429. The number of benzene rings is 1. The van der Waals surface area contributed by atoms with Crippen LogP contribution in [0.4, 0.5) is 0 Å². The predicted molar refractivity (Wildman–Crippen MR) is 71.8 cm³/mol. The lowest BCUT2D eigenvalue weighted by molar-refractivity contribution is -0.169. The number of ether oxygens (including phenoxy) is 1. The van der Waals surface area contributed by atoms with Crippen LogP contribution in [0.2, 0.25) is 0 Å². The van der Waals surface area contributed by atoms with Gasteiger partial charge in [-0.05, 0) is 5.56 Å². The largest absolute Gasteiger partial charge is 0.466 e. The van der Waals surface area contributed by atoms with Crippen molar-refractivity contribution in [3.05, 3.63) is 35.9 Å². The molecule has 0 spiro atoms. The van der Waals surface area contributed by atoms with E-state index in [1.165, 1.54) is 7.11 Å². The summed E-state index contributed by atoms with van der Waals surface area (Å²) in [6.45, 7) is 2.21. The van der Waals surface area contributed by atoms with Gasteiger partial charge < -0.3 is 15.3 Å². The number of rotatable bonds is 4. The van der Waals surface area contributed by atoms with Gasteiger partial charge in [0.05, 0.1) is 12.8 Å². The zero-order valence-electron chi connectivity index (χ0n) is 11.1. The molecule has 0 bridgehead atoms. The molecule has 0 radical (unpaired) electrons. The molecule has 0 fully saturated rings. The SMILES string of the molecule is COC(=O)C1(C(C)c2ccccc2)CC(CN)=NO1. The lowest BCUT2D eigenvalue weighted by Crippen LogP contribution is -2.45. The first kappa shape index (κ1) is 13.5. The Morgan fingerprint density at radius 3 is 2.74 bits per heavy atom. The van der Waals surface area contributed by atoms with Crippen LogP contribution in [0.15, 0.2) is 35.5 Å². The molecule has 5 heteroatoms. The van der Waals surface area contributed by atoms with Crippen LogP contribution in [0.3, 0.4) is 0 Å². The minimum atomic E-state index is -1.11. The van der Waals surface area contributed by atoms with Crippen LogP contribution >= 0.6 is 0 Å². The zero-order valence-corrected chi connectivity index (χ0v) is 11.1. The van der Waals surface area contributed by atoms with E-state index in [0.29, 0.717) is 12.1 Å². The Morgan fingerprint density at radius 1 is 1.53 bits per heavy atom. The fourth-order valence-electron chi connectivity index (χ4n) is 2.33. The van der Waals surface area contributed by atoms with E-state index in [9.17, 15) is 4.79 Å². The second-order valence-electron chi connectivity index (χ2n) is 4.64. The molecule has 1 aromatic rings. The number of hydrogen-bond acceptors (Lipinski definition) is 5. The van der Waals surface area contributed by atoms with Crippen LogP contribution in [-0.2, 0) is 14.4 Å². The van der Waals surface area contributed by atoms with Crippen LogP contribution in [-0.4, -0.2) is 30.9 Å². The van der Waals surface area contributed by atoms with Gasteiger partial charge in [-0.25, -0.2) is 4.79 Å². The average molecular weight is 262 g/mol. The van der Waals surface area contributed by atoms with E-state index in [1.54, 1.807) is 0 Å². The van der Waals surface area contributed by atoms with Gasteiger partial charge in [0.15, 0.2) is 0 Å². The Kier molecular flexibility index (Phi) is 3.85. The second-order valence-corrected chi connectivity index (χ2v) is 4.64. The molecule has 1 heterocycles. The van der Waals surface area contributed by atoms with Crippen LogP contribution in [0, 0.1) is 0 Å². The van der Waals surface area contributed by atoms with Crippen molar-refractivity contribution < 1.29 is 14.4 Å². The van der Waals surface area contributed by atoms with Gasteiger partial charge in [0.25, 0.3) is 0 Å². The minimum absolute atomic E-state index is 0.172. The van der Waals surface area contributed by atoms with Crippen molar-refractivity contribution in [2.24, 2.45) is 10.9 Å². The summed E-state index contributed by atoms with van der Waals surface area (Å²) >= 11 is 0. The minimum Gasteiger partial charge on any atom is -0.466 e. The van der Waals surface area contributed by atoms with Crippen LogP contribution in [0.1, 0.15) is 24.8 Å². The summed E-state index contributed by atoms with van der Waals surface area (Å²) in [4.78, 5) is 17.6. The van der Waals surface area contributed by atoms with Gasteiger partial charge >= 0.3 is 5.97 Å². The summed E-state index contributed by atoms with van der Waals surface area (Å²) in [6, 6.07) is 9.70. The smallest absolute Gasteiger partial charge is 0.354 e. The maximum Gasteiger partial charge on any atom is 0.354 e. The number of nitrogens with zero attached hydrogens (tertiary/aromatic N) is 1. The Morgan fingerprint density at radius 2 is 2.21 bits per heavy atom. The Labute approximate surface area is 112 Å². The molecule has 0 aliphatic carbocycles. The molecule has 2 unspecified atom stereocenters. The molecule has 5 nitrogen and oxygen atoms in total. The van der Waals surface area contributed by atoms with Gasteiger partial charge in [0.2, 0.25) is 5.60 Å². The summed E-state index contributed by atoms with van der Waals surface area (Å²) in [6.07, 6.45) is 0.367. The molecule has 19 heavy (non-hydrogen) atoms. The van der Waals surface area contributed by atoms with Crippen molar-refractivity contribution in [3.8, 4) is 0 Å². The van der Waals surface area contributed by atoms with Gasteiger partial charge in [0, 0.05) is 18.9 Å². The predicted octanol–water partition coefficient (Wildman–Crippen LogP) is 1.44. The topological polar surface area (TPSA) is 73.9 Å². The summed E-state index contributed by atoms with van der Waals surface area (Å²) in [5.74, 6) is -0.593. The number of methoxy groups -OCH3 is 1. The number of carbonyl (C=O) groups is 1. The van der Waals surface area contributed by atoms with E-state index in [4.69, 9.17) is 15.3 Å². The maximum absolute atomic E-state index is 12.2. The highest BCUT2D eigenvalue weighted by Gasteiger charge is 2.52. The van der Waals surface area contributed by atoms with Crippen LogP contribution in [0.5, 0.6) is 0 Å². The second kappa shape index (κ2) is 5.40. The third kappa shape index (κ3) is 2.33. The lowest BCUT2D eigenvalue weighted by Gasteiger charge is -2.30. The molecule has 2 N–H and O–H groups in total. The molecule has 0 aromatic heterocycles. The fourth-order valence-corrected chi connectivity index (χ4v) is 2.33. The van der Waals surface area contributed by atoms with E-state index >= 15 is 0 Å². The molecule has 1 aliphatic rings.